The summed E-state index contributed by atoms with van der Waals surface area (Å²) < 4.78 is 10.5. The molecule has 1 aromatic carbocycles. The van der Waals surface area contributed by atoms with Crippen molar-refractivity contribution in [1.82, 2.24) is 5.32 Å². The SMILES string of the molecule is COc1ccc(OC)c(C(C)NC(=O)C(C)Br)c1. The number of carbonyl (C=O) groups is 1. The van der Waals surface area contributed by atoms with Gasteiger partial charge in [0.2, 0.25) is 5.91 Å². The summed E-state index contributed by atoms with van der Waals surface area (Å²) in [5.41, 5.74) is 0.887. The number of halogens is 1. The fourth-order valence-electron chi connectivity index (χ4n) is 1.58. The van der Waals surface area contributed by atoms with Gasteiger partial charge in [-0.3, -0.25) is 4.79 Å². The molecule has 1 rings (SSSR count). The average molecular weight is 316 g/mol. The van der Waals surface area contributed by atoms with Gasteiger partial charge in [-0.25, -0.2) is 0 Å². The molecule has 0 fully saturated rings. The van der Waals surface area contributed by atoms with Crippen LogP contribution in [0, 0.1) is 0 Å². The third-order valence-corrected chi connectivity index (χ3v) is 3.04. The Morgan fingerprint density at radius 1 is 1.28 bits per heavy atom. The van der Waals surface area contributed by atoms with Gasteiger partial charge in [-0.1, -0.05) is 15.9 Å². The molecule has 18 heavy (non-hydrogen) atoms. The normalized spacial score (nSPS) is 13.6. The lowest BCUT2D eigenvalue weighted by atomic mass is 10.1. The van der Waals surface area contributed by atoms with Crippen LogP contribution in [0.15, 0.2) is 18.2 Å². The number of amides is 1. The first-order valence-corrected chi connectivity index (χ1v) is 6.57. The zero-order valence-corrected chi connectivity index (χ0v) is 12.6. The molecule has 0 heterocycles. The maximum atomic E-state index is 11.7. The minimum Gasteiger partial charge on any atom is -0.497 e. The van der Waals surface area contributed by atoms with Crippen molar-refractivity contribution in [3.8, 4) is 11.5 Å². The molecule has 2 unspecified atom stereocenters. The molecule has 0 saturated carbocycles. The Kier molecular flexibility index (Phi) is 5.47. The first kappa shape index (κ1) is 14.8. The minimum atomic E-state index is -0.225. The lowest BCUT2D eigenvalue weighted by molar-refractivity contribution is -0.120. The van der Waals surface area contributed by atoms with E-state index in [1.165, 1.54) is 0 Å². The molecule has 5 heteroatoms. The van der Waals surface area contributed by atoms with Gasteiger partial charge in [-0.2, -0.15) is 0 Å². The van der Waals surface area contributed by atoms with Crippen LogP contribution >= 0.6 is 15.9 Å². The summed E-state index contributed by atoms with van der Waals surface area (Å²) >= 11 is 3.24. The van der Waals surface area contributed by atoms with Gasteiger partial charge in [-0.15, -0.1) is 0 Å². The molecule has 0 aliphatic heterocycles. The number of ether oxygens (including phenoxy) is 2. The second-order valence-electron chi connectivity index (χ2n) is 3.95. The third-order valence-electron chi connectivity index (χ3n) is 2.62. The van der Waals surface area contributed by atoms with Gasteiger partial charge < -0.3 is 14.8 Å². The van der Waals surface area contributed by atoms with Gasteiger partial charge in [0.25, 0.3) is 0 Å². The summed E-state index contributed by atoms with van der Waals surface area (Å²) in [6.07, 6.45) is 0. The van der Waals surface area contributed by atoms with E-state index < -0.39 is 0 Å². The fourth-order valence-corrected chi connectivity index (χ4v) is 1.72. The largest absolute Gasteiger partial charge is 0.497 e. The van der Waals surface area contributed by atoms with Crippen molar-refractivity contribution in [2.75, 3.05) is 14.2 Å². The van der Waals surface area contributed by atoms with E-state index in [4.69, 9.17) is 9.47 Å². The molecule has 1 amide bonds. The first-order chi connectivity index (χ1) is 8.49. The third kappa shape index (κ3) is 3.63. The zero-order chi connectivity index (χ0) is 13.7. The molecule has 0 aliphatic carbocycles. The number of rotatable bonds is 5. The van der Waals surface area contributed by atoms with Gasteiger partial charge in [0.15, 0.2) is 0 Å². The van der Waals surface area contributed by atoms with Crippen LogP contribution in [0.5, 0.6) is 11.5 Å². The van der Waals surface area contributed by atoms with Gasteiger partial charge in [0, 0.05) is 5.56 Å². The molecule has 0 bridgehead atoms. The van der Waals surface area contributed by atoms with E-state index in [0.717, 1.165) is 17.1 Å². The first-order valence-electron chi connectivity index (χ1n) is 5.66. The van der Waals surface area contributed by atoms with Gasteiger partial charge in [0.1, 0.15) is 11.5 Å². The minimum absolute atomic E-state index is 0.0626. The van der Waals surface area contributed by atoms with Gasteiger partial charge in [0.05, 0.1) is 25.1 Å². The number of nitrogens with one attached hydrogen (secondary N) is 1. The molecule has 4 nitrogen and oxygen atoms in total. The second kappa shape index (κ2) is 6.64. The summed E-state index contributed by atoms with van der Waals surface area (Å²) in [6.45, 7) is 3.69. The van der Waals surface area contributed by atoms with Crippen molar-refractivity contribution >= 4 is 21.8 Å². The number of hydrogen-bond acceptors (Lipinski definition) is 3. The van der Waals surface area contributed by atoms with E-state index in [0.29, 0.717) is 0 Å². The maximum absolute atomic E-state index is 11.7. The number of alkyl halides is 1. The summed E-state index contributed by atoms with van der Waals surface area (Å²) in [6, 6.07) is 5.36. The van der Waals surface area contributed by atoms with Gasteiger partial charge in [-0.05, 0) is 32.0 Å². The van der Waals surface area contributed by atoms with Crippen molar-refractivity contribution in [1.29, 1.82) is 0 Å². The van der Waals surface area contributed by atoms with E-state index in [1.54, 1.807) is 21.1 Å². The van der Waals surface area contributed by atoms with Crippen LogP contribution in [0.3, 0.4) is 0 Å². The van der Waals surface area contributed by atoms with E-state index in [2.05, 4.69) is 21.2 Å². The quantitative estimate of drug-likeness (QED) is 0.850. The number of hydrogen-bond donors (Lipinski definition) is 1. The molecule has 1 N–H and O–H groups in total. The van der Waals surface area contributed by atoms with E-state index in [1.807, 2.05) is 25.1 Å². The molecule has 0 saturated heterocycles. The number of methoxy groups -OCH3 is 2. The van der Waals surface area contributed by atoms with Crippen LogP contribution in [0.1, 0.15) is 25.5 Å². The predicted molar refractivity (Wildman–Crippen MR) is 74.5 cm³/mol. The molecule has 0 aliphatic rings. The monoisotopic (exact) mass is 315 g/mol. The standard InChI is InChI=1S/C13H18BrNO3/c1-8(14)13(16)15-9(2)11-7-10(17-3)5-6-12(11)18-4/h5-9H,1-4H3,(H,15,16). The van der Waals surface area contributed by atoms with Crippen molar-refractivity contribution in [2.45, 2.75) is 24.7 Å². The van der Waals surface area contributed by atoms with Crippen molar-refractivity contribution in [3.05, 3.63) is 23.8 Å². The fraction of sp³-hybridized carbons (Fsp3) is 0.462. The van der Waals surface area contributed by atoms with Crippen LogP contribution in [-0.4, -0.2) is 25.0 Å². The molecule has 0 spiro atoms. The Bertz CT molecular complexity index is 421. The highest BCUT2D eigenvalue weighted by atomic mass is 79.9. The summed E-state index contributed by atoms with van der Waals surface area (Å²) in [4.78, 5) is 11.4. The highest BCUT2D eigenvalue weighted by molar-refractivity contribution is 9.10. The molecule has 0 radical (unpaired) electrons. The van der Waals surface area contributed by atoms with Crippen molar-refractivity contribution in [2.24, 2.45) is 0 Å². The molecule has 100 valence electrons. The second-order valence-corrected chi connectivity index (χ2v) is 5.33. The van der Waals surface area contributed by atoms with Crippen LogP contribution in [-0.2, 0) is 4.79 Å². The number of benzene rings is 1. The van der Waals surface area contributed by atoms with Crippen molar-refractivity contribution in [3.63, 3.8) is 0 Å². The molecule has 1 aromatic rings. The summed E-state index contributed by atoms with van der Waals surface area (Å²) in [7, 11) is 3.21. The Balaban J connectivity index is 2.95. The van der Waals surface area contributed by atoms with E-state index in [9.17, 15) is 4.79 Å². The lowest BCUT2D eigenvalue weighted by Crippen LogP contribution is -2.31. The summed E-state index contributed by atoms with van der Waals surface area (Å²) in [5.74, 6) is 1.40. The Morgan fingerprint density at radius 3 is 2.44 bits per heavy atom. The molecular weight excluding hydrogens is 298 g/mol. The van der Waals surface area contributed by atoms with Crippen LogP contribution < -0.4 is 14.8 Å². The Morgan fingerprint density at radius 2 is 1.94 bits per heavy atom. The van der Waals surface area contributed by atoms with Crippen LogP contribution in [0.2, 0.25) is 0 Å². The zero-order valence-electron chi connectivity index (χ0n) is 11.0. The highest BCUT2D eigenvalue weighted by Gasteiger charge is 2.17. The molecule has 2 atom stereocenters. The molecular formula is C13H18BrNO3. The number of carbonyl (C=O) groups excluding carboxylic acids is 1. The van der Waals surface area contributed by atoms with E-state index >= 15 is 0 Å². The molecule has 0 aromatic heterocycles. The predicted octanol–water partition coefficient (Wildman–Crippen LogP) is 2.66. The summed E-state index contributed by atoms with van der Waals surface area (Å²) in [5, 5.41) is 2.90. The van der Waals surface area contributed by atoms with E-state index in [-0.39, 0.29) is 16.8 Å². The smallest absolute Gasteiger partial charge is 0.233 e. The average Bonchev–Trinajstić information content (AvgIpc) is 2.37. The van der Waals surface area contributed by atoms with Crippen LogP contribution in [0.4, 0.5) is 0 Å². The van der Waals surface area contributed by atoms with Crippen LogP contribution in [0.25, 0.3) is 0 Å². The van der Waals surface area contributed by atoms with Gasteiger partial charge >= 0.3 is 0 Å². The Labute approximate surface area is 116 Å². The van der Waals surface area contributed by atoms with Crippen molar-refractivity contribution < 1.29 is 14.3 Å². The lowest BCUT2D eigenvalue weighted by Gasteiger charge is -2.19. The topological polar surface area (TPSA) is 47.6 Å². The maximum Gasteiger partial charge on any atom is 0.233 e. The Hall–Kier alpha value is -1.23. The highest BCUT2D eigenvalue weighted by Crippen LogP contribution is 2.29.